The molecule has 2 N–H and O–H groups in total. The second-order valence-corrected chi connectivity index (χ2v) is 7.32. The van der Waals surface area contributed by atoms with Crippen molar-refractivity contribution in [2.45, 2.75) is 40.2 Å². The average molecular weight is 361 g/mol. The van der Waals surface area contributed by atoms with Crippen molar-refractivity contribution >= 4 is 17.3 Å². The van der Waals surface area contributed by atoms with Crippen LogP contribution in [0.15, 0.2) is 35.5 Å². The van der Waals surface area contributed by atoms with Crippen molar-refractivity contribution in [2.24, 2.45) is 4.99 Å². The first-order valence-electron chi connectivity index (χ1n) is 8.73. The number of thiazole rings is 1. The minimum absolute atomic E-state index is 0.0137. The van der Waals surface area contributed by atoms with Crippen LogP contribution in [0.2, 0.25) is 0 Å². The standard InChI is InChI=1S/C19H28N4OS/c1-5-20-19(21-11-10-18-22-13-16(4)25-18)23-12-15(3)24-17-8-6-14(2)7-9-17/h6-9,13,15H,5,10-12H2,1-4H3,(H2,20,21,23). The normalized spacial score (nSPS) is 12.7. The molecule has 0 fully saturated rings. The predicted octanol–water partition coefficient (Wildman–Crippen LogP) is 3.33. The van der Waals surface area contributed by atoms with Crippen LogP contribution < -0.4 is 15.4 Å². The lowest BCUT2D eigenvalue weighted by Crippen LogP contribution is -2.39. The first-order chi connectivity index (χ1) is 12.1. The summed E-state index contributed by atoms with van der Waals surface area (Å²) in [6.45, 7) is 10.5. The van der Waals surface area contributed by atoms with Crippen LogP contribution in [0.1, 0.15) is 29.3 Å². The number of aliphatic imine (C=N–C) groups is 1. The van der Waals surface area contributed by atoms with E-state index in [1.807, 2.05) is 25.3 Å². The molecule has 0 amide bonds. The molecule has 0 spiro atoms. The summed E-state index contributed by atoms with van der Waals surface area (Å²) in [5.74, 6) is 1.69. The maximum atomic E-state index is 5.90. The number of aromatic nitrogens is 1. The van der Waals surface area contributed by atoms with Gasteiger partial charge in [-0.3, -0.25) is 0 Å². The van der Waals surface area contributed by atoms with Gasteiger partial charge in [0.05, 0.1) is 11.6 Å². The summed E-state index contributed by atoms with van der Waals surface area (Å²) >= 11 is 1.74. The van der Waals surface area contributed by atoms with Crippen molar-refractivity contribution in [2.75, 3.05) is 19.6 Å². The van der Waals surface area contributed by atoms with Crippen molar-refractivity contribution in [3.63, 3.8) is 0 Å². The molecule has 1 heterocycles. The molecule has 25 heavy (non-hydrogen) atoms. The van der Waals surface area contributed by atoms with Gasteiger partial charge in [0.25, 0.3) is 0 Å². The van der Waals surface area contributed by atoms with Gasteiger partial charge in [-0.05, 0) is 39.8 Å². The fourth-order valence-corrected chi connectivity index (χ4v) is 3.04. The number of ether oxygens (including phenoxy) is 1. The Morgan fingerprint density at radius 3 is 2.64 bits per heavy atom. The van der Waals surface area contributed by atoms with Gasteiger partial charge in [-0.1, -0.05) is 17.7 Å². The number of guanidine groups is 1. The highest BCUT2D eigenvalue weighted by molar-refractivity contribution is 7.11. The highest BCUT2D eigenvalue weighted by atomic mass is 32.1. The molecule has 0 saturated carbocycles. The Balaban J connectivity index is 1.79. The molecule has 1 aromatic heterocycles. The van der Waals surface area contributed by atoms with Crippen molar-refractivity contribution < 1.29 is 4.74 Å². The highest BCUT2D eigenvalue weighted by Gasteiger charge is 2.05. The first-order valence-corrected chi connectivity index (χ1v) is 9.55. The number of hydrogen-bond acceptors (Lipinski definition) is 4. The molecule has 2 rings (SSSR count). The number of hydrogen-bond donors (Lipinski definition) is 2. The largest absolute Gasteiger partial charge is 0.489 e. The molecule has 1 unspecified atom stereocenters. The maximum Gasteiger partial charge on any atom is 0.191 e. The zero-order chi connectivity index (χ0) is 18.1. The number of nitrogens with one attached hydrogen (secondary N) is 2. The van der Waals surface area contributed by atoms with Crippen LogP contribution in [0.3, 0.4) is 0 Å². The van der Waals surface area contributed by atoms with Crippen LogP contribution in [-0.4, -0.2) is 36.7 Å². The SMILES string of the molecule is CCNC(=NCC(C)Oc1ccc(C)cc1)NCCc1ncc(C)s1. The molecule has 0 aliphatic rings. The van der Waals surface area contributed by atoms with Gasteiger partial charge in [0, 0.05) is 30.6 Å². The van der Waals surface area contributed by atoms with Crippen LogP contribution in [0.25, 0.3) is 0 Å². The van der Waals surface area contributed by atoms with Gasteiger partial charge in [0.2, 0.25) is 0 Å². The van der Waals surface area contributed by atoms with E-state index in [4.69, 9.17) is 4.74 Å². The van der Waals surface area contributed by atoms with E-state index in [0.29, 0.717) is 6.54 Å². The van der Waals surface area contributed by atoms with Crippen LogP contribution in [-0.2, 0) is 6.42 Å². The fourth-order valence-electron chi connectivity index (χ4n) is 2.25. The summed E-state index contributed by atoms with van der Waals surface area (Å²) in [5.41, 5.74) is 1.23. The lowest BCUT2D eigenvalue weighted by atomic mass is 10.2. The molecule has 2 aromatic rings. The zero-order valence-electron chi connectivity index (χ0n) is 15.5. The number of rotatable bonds is 8. The maximum absolute atomic E-state index is 5.90. The lowest BCUT2D eigenvalue weighted by Gasteiger charge is -2.15. The van der Waals surface area contributed by atoms with Crippen LogP contribution in [0, 0.1) is 13.8 Å². The third kappa shape index (κ3) is 7.13. The van der Waals surface area contributed by atoms with E-state index in [2.05, 4.69) is 53.5 Å². The number of aryl methyl sites for hydroxylation is 2. The van der Waals surface area contributed by atoms with Crippen molar-refractivity contribution in [3.05, 3.63) is 45.9 Å². The van der Waals surface area contributed by atoms with E-state index in [9.17, 15) is 0 Å². The molecule has 0 radical (unpaired) electrons. The molecule has 1 aromatic carbocycles. The molecular weight excluding hydrogens is 332 g/mol. The smallest absolute Gasteiger partial charge is 0.191 e. The van der Waals surface area contributed by atoms with Gasteiger partial charge in [0.1, 0.15) is 11.9 Å². The molecule has 1 atom stereocenters. The fraction of sp³-hybridized carbons (Fsp3) is 0.474. The Morgan fingerprint density at radius 2 is 2.00 bits per heavy atom. The molecule has 5 nitrogen and oxygen atoms in total. The molecule has 0 aliphatic heterocycles. The summed E-state index contributed by atoms with van der Waals surface area (Å²) in [6.07, 6.45) is 2.83. The van der Waals surface area contributed by atoms with Gasteiger partial charge in [-0.15, -0.1) is 11.3 Å². The Bertz CT molecular complexity index is 666. The first kappa shape index (κ1) is 19.2. The van der Waals surface area contributed by atoms with Crippen molar-refractivity contribution in [1.29, 1.82) is 0 Å². The molecule has 0 saturated heterocycles. The predicted molar refractivity (Wildman–Crippen MR) is 106 cm³/mol. The lowest BCUT2D eigenvalue weighted by molar-refractivity contribution is 0.230. The minimum Gasteiger partial charge on any atom is -0.489 e. The minimum atomic E-state index is 0.0137. The van der Waals surface area contributed by atoms with Crippen molar-refractivity contribution in [3.8, 4) is 5.75 Å². The second kappa shape index (κ2) is 10.0. The van der Waals surface area contributed by atoms with E-state index in [1.54, 1.807) is 11.3 Å². The van der Waals surface area contributed by atoms with E-state index in [-0.39, 0.29) is 6.10 Å². The van der Waals surface area contributed by atoms with Gasteiger partial charge >= 0.3 is 0 Å². The molecule has 6 heteroatoms. The second-order valence-electron chi connectivity index (χ2n) is 6.00. The van der Waals surface area contributed by atoms with Crippen LogP contribution in [0.4, 0.5) is 0 Å². The van der Waals surface area contributed by atoms with Crippen LogP contribution in [0.5, 0.6) is 5.75 Å². The average Bonchev–Trinajstić information content (AvgIpc) is 3.00. The van der Waals surface area contributed by atoms with Gasteiger partial charge < -0.3 is 15.4 Å². The summed E-state index contributed by atoms with van der Waals surface area (Å²) in [5, 5.41) is 7.77. The van der Waals surface area contributed by atoms with E-state index in [0.717, 1.165) is 36.2 Å². The van der Waals surface area contributed by atoms with E-state index in [1.165, 1.54) is 10.4 Å². The Hall–Kier alpha value is -2.08. The quantitative estimate of drug-likeness (QED) is 0.560. The van der Waals surface area contributed by atoms with Crippen LogP contribution >= 0.6 is 11.3 Å². The summed E-state index contributed by atoms with van der Waals surface area (Å²) in [4.78, 5) is 10.2. The van der Waals surface area contributed by atoms with Gasteiger partial charge in [-0.2, -0.15) is 0 Å². The summed E-state index contributed by atoms with van der Waals surface area (Å²) < 4.78 is 5.90. The number of nitrogens with zero attached hydrogens (tertiary/aromatic N) is 2. The molecule has 0 bridgehead atoms. The third-order valence-corrected chi connectivity index (χ3v) is 4.48. The van der Waals surface area contributed by atoms with Gasteiger partial charge in [-0.25, -0.2) is 9.98 Å². The monoisotopic (exact) mass is 360 g/mol. The Kier molecular flexibility index (Phi) is 7.73. The third-order valence-electron chi connectivity index (χ3n) is 3.51. The molecule has 0 aliphatic carbocycles. The summed E-state index contributed by atoms with van der Waals surface area (Å²) in [6, 6.07) is 8.10. The summed E-state index contributed by atoms with van der Waals surface area (Å²) in [7, 11) is 0. The van der Waals surface area contributed by atoms with Gasteiger partial charge in [0.15, 0.2) is 5.96 Å². The molecular formula is C19H28N4OS. The Morgan fingerprint density at radius 1 is 1.24 bits per heavy atom. The topological polar surface area (TPSA) is 58.5 Å². The Labute approximate surface area is 154 Å². The molecule has 136 valence electrons. The van der Waals surface area contributed by atoms with Crippen molar-refractivity contribution in [1.82, 2.24) is 15.6 Å². The van der Waals surface area contributed by atoms with E-state index < -0.39 is 0 Å². The highest BCUT2D eigenvalue weighted by Crippen LogP contribution is 2.13. The zero-order valence-corrected chi connectivity index (χ0v) is 16.3. The number of benzene rings is 1. The van der Waals surface area contributed by atoms with E-state index >= 15 is 0 Å².